The van der Waals surface area contributed by atoms with Gasteiger partial charge >= 0.3 is 0 Å². The Kier molecular flexibility index (Phi) is 8.01. The van der Waals surface area contributed by atoms with Gasteiger partial charge in [-0.1, -0.05) is 61.8 Å². The molecule has 0 bridgehead atoms. The molecule has 2 aliphatic heterocycles. The first-order valence-electron chi connectivity index (χ1n) is 14.0. The molecule has 196 valence electrons. The van der Waals surface area contributed by atoms with Crippen LogP contribution in [-0.2, 0) is 10.3 Å². The lowest BCUT2D eigenvalue weighted by Gasteiger charge is -2.37. The predicted octanol–water partition coefficient (Wildman–Crippen LogP) is 6.45. The zero-order valence-corrected chi connectivity index (χ0v) is 23.0. The molecular weight excluding hydrogens is 480 g/mol. The molecule has 1 amide bonds. The summed E-state index contributed by atoms with van der Waals surface area (Å²) < 4.78 is 2.26. The second kappa shape index (κ2) is 11.4. The lowest BCUT2D eigenvalue weighted by molar-refractivity contribution is -0.133. The van der Waals surface area contributed by atoms with Crippen molar-refractivity contribution < 1.29 is 4.79 Å². The van der Waals surface area contributed by atoms with Gasteiger partial charge in [0, 0.05) is 49.0 Å². The van der Waals surface area contributed by atoms with E-state index in [0.29, 0.717) is 23.8 Å². The normalized spacial score (nSPS) is 19.3. The number of rotatable bonds is 10. The number of carbonyl (C=O) groups is 1. The van der Waals surface area contributed by atoms with Crippen LogP contribution in [0.1, 0.15) is 63.5 Å². The van der Waals surface area contributed by atoms with Crippen molar-refractivity contribution in [2.45, 2.75) is 57.9 Å². The third-order valence-electron chi connectivity index (χ3n) is 8.25. The number of halogens is 1. The van der Waals surface area contributed by atoms with Crippen LogP contribution in [0.2, 0.25) is 5.02 Å². The maximum absolute atomic E-state index is 13.5. The van der Waals surface area contributed by atoms with Crippen molar-refractivity contribution in [3.05, 3.63) is 77.1 Å². The summed E-state index contributed by atoms with van der Waals surface area (Å²) in [7, 11) is 0. The Morgan fingerprint density at radius 2 is 1.76 bits per heavy atom. The standard InChI is InChI=1S/C31H39ClN4O/c1-3-18-34(19-4-2)23-24-14-20-35(21-15-24)29(37)13-16-31(25-9-11-26(32)12-10-25)28-8-6-5-7-27(28)30-33-17-22-36(30)31/h5-12,17,22,24H,3-4,13-16,18-21,23H2,1-2H3. The summed E-state index contributed by atoms with van der Waals surface area (Å²) in [6.07, 6.45) is 9.72. The fourth-order valence-electron chi connectivity index (χ4n) is 6.50. The molecule has 0 N–H and O–H groups in total. The monoisotopic (exact) mass is 518 g/mol. The molecule has 2 aromatic carbocycles. The van der Waals surface area contributed by atoms with Crippen molar-refractivity contribution in [1.82, 2.24) is 19.4 Å². The Morgan fingerprint density at radius 1 is 1.05 bits per heavy atom. The number of piperidine rings is 1. The summed E-state index contributed by atoms with van der Waals surface area (Å²) in [6.45, 7) is 9.79. The molecule has 3 heterocycles. The van der Waals surface area contributed by atoms with E-state index in [1.54, 1.807) is 0 Å². The van der Waals surface area contributed by atoms with Crippen LogP contribution in [0.25, 0.3) is 11.4 Å². The molecule has 0 spiro atoms. The molecule has 0 aliphatic carbocycles. The minimum absolute atomic E-state index is 0.261. The zero-order chi connectivity index (χ0) is 25.8. The molecule has 1 unspecified atom stereocenters. The minimum atomic E-state index is -0.470. The summed E-state index contributed by atoms with van der Waals surface area (Å²) >= 11 is 6.27. The fourth-order valence-corrected chi connectivity index (χ4v) is 6.63. The van der Waals surface area contributed by atoms with Gasteiger partial charge in [0.15, 0.2) is 0 Å². The fraction of sp³-hybridized carbons (Fsp3) is 0.484. The molecule has 0 saturated carbocycles. The SMILES string of the molecule is CCCN(CCC)CC1CCN(C(=O)CCC2(c3ccc(Cl)cc3)c3ccccc3-c3nccn32)CC1. The lowest BCUT2D eigenvalue weighted by atomic mass is 9.79. The highest BCUT2D eigenvalue weighted by Gasteiger charge is 2.45. The van der Waals surface area contributed by atoms with Crippen LogP contribution in [0.4, 0.5) is 0 Å². The average Bonchev–Trinajstić information content (AvgIpc) is 3.50. The van der Waals surface area contributed by atoms with Gasteiger partial charge in [0.25, 0.3) is 0 Å². The molecule has 6 heteroatoms. The molecular formula is C31H39ClN4O. The van der Waals surface area contributed by atoms with Gasteiger partial charge in [-0.3, -0.25) is 4.79 Å². The molecule has 1 atom stereocenters. The van der Waals surface area contributed by atoms with Crippen LogP contribution in [0, 0.1) is 5.92 Å². The van der Waals surface area contributed by atoms with Gasteiger partial charge in [-0.15, -0.1) is 0 Å². The van der Waals surface area contributed by atoms with E-state index in [1.807, 2.05) is 18.3 Å². The van der Waals surface area contributed by atoms with E-state index >= 15 is 0 Å². The largest absolute Gasteiger partial charge is 0.343 e. The second-order valence-electron chi connectivity index (χ2n) is 10.7. The maximum Gasteiger partial charge on any atom is 0.222 e. The maximum atomic E-state index is 13.5. The molecule has 5 rings (SSSR count). The van der Waals surface area contributed by atoms with E-state index in [4.69, 9.17) is 11.6 Å². The van der Waals surface area contributed by atoms with Crippen LogP contribution >= 0.6 is 11.6 Å². The van der Waals surface area contributed by atoms with E-state index in [0.717, 1.165) is 42.9 Å². The summed E-state index contributed by atoms with van der Waals surface area (Å²) in [5.74, 6) is 1.91. The highest BCUT2D eigenvalue weighted by atomic mass is 35.5. The Morgan fingerprint density at radius 3 is 2.46 bits per heavy atom. The van der Waals surface area contributed by atoms with Gasteiger partial charge in [-0.25, -0.2) is 4.98 Å². The Hall–Kier alpha value is -2.63. The predicted molar refractivity (Wildman–Crippen MR) is 151 cm³/mol. The van der Waals surface area contributed by atoms with E-state index in [2.05, 4.69) is 75.8 Å². The minimum Gasteiger partial charge on any atom is -0.343 e. The van der Waals surface area contributed by atoms with E-state index in [9.17, 15) is 4.79 Å². The topological polar surface area (TPSA) is 41.4 Å². The van der Waals surface area contributed by atoms with Crippen molar-refractivity contribution in [3.8, 4) is 11.4 Å². The second-order valence-corrected chi connectivity index (χ2v) is 11.1. The number of imidazole rings is 1. The summed E-state index contributed by atoms with van der Waals surface area (Å²) in [5, 5.41) is 0.714. The number of aromatic nitrogens is 2. The molecule has 0 radical (unpaired) electrons. The van der Waals surface area contributed by atoms with Crippen LogP contribution < -0.4 is 0 Å². The number of hydrogen-bond donors (Lipinski definition) is 0. The van der Waals surface area contributed by atoms with Gasteiger partial charge in [0.05, 0.1) is 5.54 Å². The molecule has 5 nitrogen and oxygen atoms in total. The number of amides is 1. The highest BCUT2D eigenvalue weighted by Crippen LogP contribution is 2.49. The first-order valence-corrected chi connectivity index (χ1v) is 14.3. The first-order chi connectivity index (χ1) is 18.1. The molecule has 1 fully saturated rings. The van der Waals surface area contributed by atoms with Crippen molar-refractivity contribution in [2.24, 2.45) is 5.92 Å². The zero-order valence-electron chi connectivity index (χ0n) is 22.2. The van der Waals surface area contributed by atoms with Crippen molar-refractivity contribution in [1.29, 1.82) is 0 Å². The van der Waals surface area contributed by atoms with E-state index in [1.165, 1.54) is 38.0 Å². The average molecular weight is 519 g/mol. The van der Waals surface area contributed by atoms with Gasteiger partial charge in [0.1, 0.15) is 5.82 Å². The summed E-state index contributed by atoms with van der Waals surface area (Å²) in [5.41, 5.74) is 3.01. The number of hydrogen-bond acceptors (Lipinski definition) is 3. The third kappa shape index (κ3) is 5.08. The molecule has 37 heavy (non-hydrogen) atoms. The molecule has 1 aromatic heterocycles. The number of fused-ring (bicyclic) bond motifs is 3. The van der Waals surface area contributed by atoms with Gasteiger partial charge in [-0.2, -0.15) is 0 Å². The van der Waals surface area contributed by atoms with Gasteiger partial charge in [0.2, 0.25) is 5.91 Å². The van der Waals surface area contributed by atoms with E-state index < -0.39 is 5.54 Å². The number of benzene rings is 2. The Balaban J connectivity index is 1.32. The number of carbonyl (C=O) groups excluding carboxylic acids is 1. The van der Waals surface area contributed by atoms with E-state index in [-0.39, 0.29) is 5.91 Å². The number of nitrogens with zero attached hydrogens (tertiary/aromatic N) is 4. The smallest absolute Gasteiger partial charge is 0.222 e. The summed E-state index contributed by atoms with van der Waals surface area (Å²) in [4.78, 5) is 22.9. The quantitative estimate of drug-likeness (QED) is 0.309. The van der Waals surface area contributed by atoms with Crippen molar-refractivity contribution in [3.63, 3.8) is 0 Å². The van der Waals surface area contributed by atoms with Crippen molar-refractivity contribution in [2.75, 3.05) is 32.7 Å². The summed E-state index contributed by atoms with van der Waals surface area (Å²) in [6, 6.07) is 16.6. The van der Waals surface area contributed by atoms with Crippen LogP contribution in [0.15, 0.2) is 60.9 Å². The third-order valence-corrected chi connectivity index (χ3v) is 8.50. The molecule has 2 aliphatic rings. The number of likely N-dealkylation sites (tertiary alicyclic amines) is 1. The van der Waals surface area contributed by atoms with Gasteiger partial charge in [-0.05, 0) is 74.4 Å². The van der Waals surface area contributed by atoms with Crippen LogP contribution in [-0.4, -0.2) is 58.0 Å². The Bertz CT molecular complexity index is 1190. The first kappa shape index (κ1) is 26.0. The van der Waals surface area contributed by atoms with Gasteiger partial charge < -0.3 is 14.4 Å². The van der Waals surface area contributed by atoms with Crippen LogP contribution in [0.5, 0.6) is 0 Å². The Labute approximate surface area is 226 Å². The van der Waals surface area contributed by atoms with Crippen LogP contribution in [0.3, 0.4) is 0 Å². The molecule has 1 saturated heterocycles. The van der Waals surface area contributed by atoms with Crippen molar-refractivity contribution >= 4 is 17.5 Å². The lowest BCUT2D eigenvalue weighted by Crippen LogP contribution is -2.43. The molecule has 3 aromatic rings. The highest BCUT2D eigenvalue weighted by molar-refractivity contribution is 6.30.